The highest BCUT2D eigenvalue weighted by atomic mass is 35.5. The minimum atomic E-state index is -0.675. The number of carbonyl (C=O) groups excluding carboxylic acids is 3. The fraction of sp³-hybridized carbons (Fsp3) is 0.250. The number of hydrogen-bond donors (Lipinski definition) is 3. The normalized spacial score (nSPS) is 17.5. The van der Waals surface area contributed by atoms with Gasteiger partial charge in [-0.25, -0.2) is 4.68 Å². The summed E-state index contributed by atoms with van der Waals surface area (Å²) in [7, 11) is 0. The fourth-order valence-electron chi connectivity index (χ4n) is 3.92. The number of halogens is 4. The van der Waals surface area contributed by atoms with Gasteiger partial charge in [0, 0.05) is 6.04 Å². The van der Waals surface area contributed by atoms with E-state index in [1.807, 2.05) is 6.92 Å². The van der Waals surface area contributed by atoms with E-state index in [-0.39, 0.29) is 54.6 Å². The summed E-state index contributed by atoms with van der Waals surface area (Å²) in [5, 5.41) is 13.5. The lowest BCUT2D eigenvalue weighted by Gasteiger charge is -2.30. The van der Waals surface area contributed by atoms with Gasteiger partial charge in [-0.15, -0.1) is 0 Å². The molecule has 0 aliphatic carbocycles. The molecular formula is C24H21Cl4N5O3. The number of piperidine rings is 1. The van der Waals surface area contributed by atoms with Crippen molar-refractivity contribution in [2.75, 3.05) is 18.4 Å². The van der Waals surface area contributed by atoms with Gasteiger partial charge in [-0.2, -0.15) is 5.10 Å². The summed E-state index contributed by atoms with van der Waals surface area (Å²) >= 11 is 24.7. The van der Waals surface area contributed by atoms with Gasteiger partial charge in [0.05, 0.1) is 43.1 Å². The zero-order chi connectivity index (χ0) is 26.0. The Bertz CT molecular complexity index is 1300. The second-order valence-electron chi connectivity index (χ2n) is 8.34. The van der Waals surface area contributed by atoms with Gasteiger partial charge in [0.15, 0.2) is 5.69 Å². The molecule has 2 amide bonds. The molecule has 3 aromatic rings. The topological polar surface area (TPSA) is 105 Å². The summed E-state index contributed by atoms with van der Waals surface area (Å²) in [6.07, 6.45) is 1.95. The lowest BCUT2D eigenvalue weighted by Crippen LogP contribution is -2.48. The summed E-state index contributed by atoms with van der Waals surface area (Å²) in [6.45, 7) is 3.51. The molecule has 1 aromatic heterocycles. The first kappa shape index (κ1) is 26.4. The number of anilines is 1. The first-order chi connectivity index (χ1) is 17.2. The number of hydrogen-bond acceptors (Lipinski definition) is 5. The van der Waals surface area contributed by atoms with Crippen LogP contribution in [-0.4, -0.2) is 46.6 Å². The van der Waals surface area contributed by atoms with Crippen molar-refractivity contribution in [1.29, 1.82) is 0 Å². The first-order valence-electron chi connectivity index (χ1n) is 11.0. The van der Waals surface area contributed by atoms with Crippen LogP contribution in [0.5, 0.6) is 0 Å². The van der Waals surface area contributed by atoms with Crippen LogP contribution >= 0.6 is 46.4 Å². The number of benzene rings is 2. The fourth-order valence-corrected chi connectivity index (χ4v) is 5.05. The molecule has 0 saturated carbocycles. The van der Waals surface area contributed by atoms with Gasteiger partial charge < -0.3 is 16.0 Å². The molecule has 2 unspecified atom stereocenters. The largest absolute Gasteiger partial charge is 0.347 e. The second kappa shape index (κ2) is 11.2. The quantitative estimate of drug-likeness (QED) is 0.394. The Kier molecular flexibility index (Phi) is 8.22. The van der Waals surface area contributed by atoms with Crippen molar-refractivity contribution >= 4 is 69.8 Å². The van der Waals surface area contributed by atoms with Crippen LogP contribution in [0.15, 0.2) is 42.6 Å². The van der Waals surface area contributed by atoms with Crippen LogP contribution in [0.3, 0.4) is 0 Å². The first-order valence-corrected chi connectivity index (χ1v) is 12.5. The molecule has 188 valence electrons. The third kappa shape index (κ3) is 5.53. The molecule has 0 bridgehead atoms. The van der Waals surface area contributed by atoms with Crippen molar-refractivity contribution in [3.8, 4) is 0 Å². The molecule has 1 saturated heterocycles. The molecule has 1 aliphatic heterocycles. The van der Waals surface area contributed by atoms with Crippen LogP contribution in [0.25, 0.3) is 0 Å². The highest BCUT2D eigenvalue weighted by molar-refractivity contribution is 6.41. The third-order valence-electron chi connectivity index (χ3n) is 5.85. The Balaban J connectivity index is 1.71. The monoisotopic (exact) mass is 567 g/mol. The van der Waals surface area contributed by atoms with Gasteiger partial charge in [-0.3, -0.25) is 14.4 Å². The van der Waals surface area contributed by atoms with Gasteiger partial charge in [0.1, 0.15) is 0 Å². The molecular weight excluding hydrogens is 548 g/mol. The van der Waals surface area contributed by atoms with Crippen LogP contribution in [0.4, 0.5) is 5.69 Å². The average molecular weight is 569 g/mol. The summed E-state index contributed by atoms with van der Waals surface area (Å²) < 4.78 is 0.914. The van der Waals surface area contributed by atoms with E-state index in [0.29, 0.717) is 0 Å². The molecule has 0 radical (unpaired) electrons. The third-order valence-corrected chi connectivity index (χ3v) is 7.11. The number of carbonyl (C=O) groups is 3. The zero-order valence-corrected chi connectivity index (χ0v) is 22.0. The molecule has 0 spiro atoms. The molecule has 4 rings (SSSR count). The van der Waals surface area contributed by atoms with Gasteiger partial charge in [0.2, 0.25) is 0 Å². The maximum absolute atomic E-state index is 13.3. The van der Waals surface area contributed by atoms with E-state index in [4.69, 9.17) is 46.4 Å². The van der Waals surface area contributed by atoms with Crippen molar-refractivity contribution in [2.24, 2.45) is 5.92 Å². The van der Waals surface area contributed by atoms with Crippen LogP contribution in [0, 0.1) is 5.92 Å². The SMILES string of the molecule is CC1CNCCC1NC(=O)c1nn(C(=O)c2c(Cl)cccc2Cl)cc1NC(=O)c1c(Cl)cccc1Cl. The molecule has 2 atom stereocenters. The zero-order valence-electron chi connectivity index (χ0n) is 18.9. The van der Waals surface area contributed by atoms with Crippen LogP contribution < -0.4 is 16.0 Å². The van der Waals surface area contributed by atoms with Crippen molar-refractivity contribution < 1.29 is 14.4 Å². The van der Waals surface area contributed by atoms with Gasteiger partial charge in [0.25, 0.3) is 17.7 Å². The predicted molar refractivity (Wildman–Crippen MR) is 141 cm³/mol. The standard InChI is InChI=1S/C24H21Cl4N5O3/c1-12-10-29-9-8-17(12)30-23(35)21-18(31-22(34)19-13(25)4-2-5-14(19)26)11-33(32-21)24(36)20-15(27)6-3-7-16(20)28/h2-7,11-12,17,29H,8-10H2,1H3,(H,30,35)(H,31,34). The smallest absolute Gasteiger partial charge is 0.281 e. The summed E-state index contributed by atoms with van der Waals surface area (Å²) in [4.78, 5) is 39.5. The maximum Gasteiger partial charge on any atom is 0.281 e. The van der Waals surface area contributed by atoms with E-state index in [1.54, 1.807) is 12.1 Å². The molecule has 1 aliphatic rings. The van der Waals surface area contributed by atoms with Crippen LogP contribution in [0.2, 0.25) is 20.1 Å². The van der Waals surface area contributed by atoms with Crippen molar-refractivity contribution in [3.63, 3.8) is 0 Å². The van der Waals surface area contributed by atoms with Crippen LogP contribution in [-0.2, 0) is 0 Å². The molecule has 36 heavy (non-hydrogen) atoms. The number of rotatable bonds is 5. The van der Waals surface area contributed by atoms with E-state index >= 15 is 0 Å². The summed E-state index contributed by atoms with van der Waals surface area (Å²) in [6, 6.07) is 9.14. The highest BCUT2D eigenvalue weighted by Gasteiger charge is 2.28. The van der Waals surface area contributed by atoms with Gasteiger partial charge >= 0.3 is 0 Å². The average Bonchev–Trinajstić information content (AvgIpc) is 3.24. The van der Waals surface area contributed by atoms with E-state index in [2.05, 4.69) is 21.0 Å². The predicted octanol–water partition coefficient (Wildman–Crippen LogP) is 5.17. The van der Waals surface area contributed by atoms with E-state index < -0.39 is 17.7 Å². The Morgan fingerprint density at radius 1 is 0.944 bits per heavy atom. The van der Waals surface area contributed by atoms with Gasteiger partial charge in [-0.05, 0) is 49.7 Å². The summed E-state index contributed by atoms with van der Waals surface area (Å²) in [5.41, 5.74) is -0.137. The molecule has 2 heterocycles. The molecule has 2 aromatic carbocycles. The number of aromatic nitrogens is 2. The molecule has 12 heteroatoms. The van der Waals surface area contributed by atoms with Crippen molar-refractivity contribution in [2.45, 2.75) is 19.4 Å². The maximum atomic E-state index is 13.3. The van der Waals surface area contributed by atoms with Crippen molar-refractivity contribution in [3.05, 3.63) is 79.5 Å². The Hall–Kier alpha value is -2.62. The minimum Gasteiger partial charge on any atom is -0.347 e. The Labute approximate surface area is 227 Å². The van der Waals surface area contributed by atoms with Gasteiger partial charge in [-0.1, -0.05) is 65.5 Å². The van der Waals surface area contributed by atoms with Crippen LogP contribution in [0.1, 0.15) is 44.5 Å². The molecule has 8 nitrogen and oxygen atoms in total. The molecule has 1 fully saturated rings. The van der Waals surface area contributed by atoms with E-state index in [0.717, 1.165) is 24.2 Å². The highest BCUT2D eigenvalue weighted by Crippen LogP contribution is 2.28. The second-order valence-corrected chi connectivity index (χ2v) is 9.97. The van der Waals surface area contributed by atoms with E-state index in [1.165, 1.54) is 30.5 Å². The number of nitrogens with one attached hydrogen (secondary N) is 3. The lowest BCUT2D eigenvalue weighted by molar-refractivity contribution is 0.0907. The Morgan fingerprint density at radius 3 is 2.11 bits per heavy atom. The van der Waals surface area contributed by atoms with E-state index in [9.17, 15) is 14.4 Å². The Morgan fingerprint density at radius 2 is 1.53 bits per heavy atom. The summed E-state index contributed by atoms with van der Waals surface area (Å²) in [5.74, 6) is -1.72. The number of amides is 2. The minimum absolute atomic E-state index is 0.00778. The lowest BCUT2D eigenvalue weighted by atomic mass is 9.95. The number of nitrogens with zero attached hydrogens (tertiary/aromatic N) is 2. The molecule has 3 N–H and O–H groups in total. The van der Waals surface area contributed by atoms with Crippen molar-refractivity contribution in [1.82, 2.24) is 20.4 Å².